The molecule has 34 heavy (non-hydrogen) atoms. The molecule has 0 unspecified atom stereocenters. The summed E-state index contributed by atoms with van der Waals surface area (Å²) in [5.74, 6) is 1.08. The van der Waals surface area contributed by atoms with Crippen LogP contribution < -0.4 is 20.3 Å². The SMILES string of the molecule is COc1cccc(-c2cnc(N3[C@@H]4COC[C@H]3c3sc(NC(=O)N[C@@H]5CCOC5)nc3C4)o2)n1. The van der Waals surface area contributed by atoms with Crippen LogP contribution in [0.3, 0.4) is 0 Å². The number of ether oxygens (including phenoxy) is 3. The van der Waals surface area contributed by atoms with Gasteiger partial charge in [0.2, 0.25) is 5.88 Å². The smallest absolute Gasteiger partial charge is 0.321 e. The number of nitrogens with one attached hydrogen (secondary N) is 2. The Hall–Kier alpha value is -3.22. The summed E-state index contributed by atoms with van der Waals surface area (Å²) < 4.78 is 22.5. The number of thiazole rings is 1. The fourth-order valence-corrected chi connectivity index (χ4v) is 5.63. The minimum atomic E-state index is -0.263. The van der Waals surface area contributed by atoms with Gasteiger partial charge in [-0.05, 0) is 12.5 Å². The molecule has 2 amide bonds. The average Bonchev–Trinajstić information content (AvgIpc) is 3.60. The summed E-state index contributed by atoms with van der Waals surface area (Å²) >= 11 is 1.46. The largest absolute Gasteiger partial charge is 0.481 e. The van der Waals surface area contributed by atoms with E-state index in [4.69, 9.17) is 23.6 Å². The molecule has 3 atom stereocenters. The maximum atomic E-state index is 12.4. The first kappa shape index (κ1) is 21.3. The zero-order valence-corrected chi connectivity index (χ0v) is 19.3. The van der Waals surface area contributed by atoms with Gasteiger partial charge < -0.3 is 28.8 Å². The Balaban J connectivity index is 1.23. The van der Waals surface area contributed by atoms with Crippen LogP contribution in [0.5, 0.6) is 5.88 Å². The number of morpholine rings is 1. The molecule has 2 bridgehead atoms. The van der Waals surface area contributed by atoms with Crippen molar-refractivity contribution in [3.05, 3.63) is 35.0 Å². The maximum absolute atomic E-state index is 12.4. The van der Waals surface area contributed by atoms with Gasteiger partial charge in [-0.15, -0.1) is 0 Å². The molecule has 0 spiro atoms. The molecular formula is C22H24N6O5S. The van der Waals surface area contributed by atoms with Crippen molar-refractivity contribution in [2.45, 2.75) is 31.0 Å². The van der Waals surface area contributed by atoms with Crippen LogP contribution >= 0.6 is 11.3 Å². The average molecular weight is 485 g/mol. The highest BCUT2D eigenvalue weighted by molar-refractivity contribution is 7.16. The van der Waals surface area contributed by atoms with E-state index < -0.39 is 0 Å². The Morgan fingerprint density at radius 3 is 3.03 bits per heavy atom. The van der Waals surface area contributed by atoms with E-state index in [2.05, 4.69) is 25.5 Å². The number of amides is 2. The number of anilines is 2. The maximum Gasteiger partial charge on any atom is 0.321 e. The van der Waals surface area contributed by atoms with Crippen molar-refractivity contribution in [3.63, 3.8) is 0 Å². The van der Waals surface area contributed by atoms with Crippen molar-refractivity contribution in [1.82, 2.24) is 20.3 Å². The summed E-state index contributed by atoms with van der Waals surface area (Å²) in [6.07, 6.45) is 3.18. The van der Waals surface area contributed by atoms with Gasteiger partial charge in [-0.2, -0.15) is 0 Å². The first-order valence-corrected chi connectivity index (χ1v) is 12.0. The number of hydrogen-bond acceptors (Lipinski definition) is 10. The number of methoxy groups -OCH3 is 1. The van der Waals surface area contributed by atoms with Crippen molar-refractivity contribution in [2.75, 3.05) is 43.8 Å². The van der Waals surface area contributed by atoms with E-state index in [1.165, 1.54) is 11.3 Å². The highest BCUT2D eigenvalue weighted by Crippen LogP contribution is 2.43. The van der Waals surface area contributed by atoms with E-state index in [1.807, 2.05) is 12.1 Å². The Labute approximate surface area is 199 Å². The summed E-state index contributed by atoms with van der Waals surface area (Å²) in [6.45, 7) is 2.26. The molecule has 12 heteroatoms. The van der Waals surface area contributed by atoms with E-state index in [-0.39, 0.29) is 24.2 Å². The number of carbonyl (C=O) groups excluding carboxylic acids is 1. The molecule has 0 saturated carbocycles. The van der Waals surface area contributed by atoms with E-state index in [1.54, 1.807) is 19.4 Å². The van der Waals surface area contributed by atoms with Crippen LogP contribution in [0.1, 0.15) is 23.0 Å². The third-order valence-electron chi connectivity index (χ3n) is 6.16. The minimum Gasteiger partial charge on any atom is -0.481 e. The highest BCUT2D eigenvalue weighted by atomic mass is 32.1. The van der Waals surface area contributed by atoms with Gasteiger partial charge >= 0.3 is 6.03 Å². The fraction of sp³-hybridized carbons (Fsp3) is 0.455. The standard InChI is InChI=1S/C22H24N6O5S/c1-30-18-4-2-3-14(25-18)17-8-23-22(33-17)28-13-7-15-19(16(28)11-32-10-13)34-21(26-15)27-20(29)24-12-5-6-31-9-12/h2-4,8,12-13,16H,5-7,9-11H2,1H3,(H2,24,26,27,29)/t12-,13+,16+/m1/s1. The van der Waals surface area contributed by atoms with E-state index in [9.17, 15) is 4.79 Å². The molecular weight excluding hydrogens is 460 g/mol. The normalized spacial score (nSPS) is 23.4. The van der Waals surface area contributed by atoms with E-state index in [0.717, 1.165) is 17.0 Å². The van der Waals surface area contributed by atoms with Crippen LogP contribution in [0.2, 0.25) is 0 Å². The third kappa shape index (κ3) is 3.97. The van der Waals surface area contributed by atoms with Crippen LogP contribution in [0, 0.1) is 0 Å². The van der Waals surface area contributed by atoms with Crippen LogP contribution in [-0.4, -0.2) is 66.6 Å². The zero-order valence-electron chi connectivity index (χ0n) is 18.5. The van der Waals surface area contributed by atoms with Crippen molar-refractivity contribution in [3.8, 4) is 17.3 Å². The van der Waals surface area contributed by atoms with E-state index in [0.29, 0.717) is 61.3 Å². The van der Waals surface area contributed by atoms with Gasteiger partial charge in [0.25, 0.3) is 6.01 Å². The summed E-state index contributed by atoms with van der Waals surface area (Å²) in [5.41, 5.74) is 1.64. The number of rotatable bonds is 5. The van der Waals surface area contributed by atoms with Gasteiger partial charge in [0.05, 0.1) is 61.8 Å². The molecule has 3 aromatic rings. The molecule has 3 aliphatic rings. The summed E-state index contributed by atoms with van der Waals surface area (Å²) in [7, 11) is 1.58. The topological polar surface area (TPSA) is 124 Å². The lowest BCUT2D eigenvalue weighted by Gasteiger charge is -2.43. The first-order valence-electron chi connectivity index (χ1n) is 11.2. The van der Waals surface area contributed by atoms with Crippen LogP contribution in [0.4, 0.5) is 15.9 Å². The van der Waals surface area contributed by atoms with E-state index >= 15 is 0 Å². The van der Waals surface area contributed by atoms with Gasteiger partial charge in [0.1, 0.15) is 5.69 Å². The molecule has 11 nitrogen and oxygen atoms in total. The second-order valence-electron chi connectivity index (χ2n) is 8.38. The van der Waals surface area contributed by atoms with Gasteiger partial charge in [0, 0.05) is 19.1 Å². The van der Waals surface area contributed by atoms with Crippen LogP contribution in [0.25, 0.3) is 11.5 Å². The predicted molar refractivity (Wildman–Crippen MR) is 123 cm³/mol. The second-order valence-corrected chi connectivity index (χ2v) is 9.41. The lowest BCUT2D eigenvalue weighted by Crippen LogP contribution is -2.51. The van der Waals surface area contributed by atoms with Gasteiger partial charge in [-0.1, -0.05) is 17.4 Å². The van der Waals surface area contributed by atoms with Gasteiger partial charge in [-0.25, -0.2) is 19.7 Å². The molecule has 6 rings (SSSR count). The first-order chi connectivity index (χ1) is 16.7. The lowest BCUT2D eigenvalue weighted by atomic mass is 9.97. The highest BCUT2D eigenvalue weighted by Gasteiger charge is 2.43. The fourth-order valence-electron chi connectivity index (χ4n) is 4.56. The number of oxazole rings is 1. The van der Waals surface area contributed by atoms with Gasteiger partial charge in [0.15, 0.2) is 10.9 Å². The molecule has 2 fully saturated rings. The number of urea groups is 1. The molecule has 3 aliphatic heterocycles. The summed E-state index contributed by atoms with van der Waals surface area (Å²) in [4.78, 5) is 29.3. The number of nitrogens with zero attached hydrogens (tertiary/aromatic N) is 4. The quantitative estimate of drug-likeness (QED) is 0.562. The molecule has 0 aromatic carbocycles. The second kappa shape index (κ2) is 8.85. The van der Waals surface area contributed by atoms with Crippen molar-refractivity contribution < 1.29 is 23.4 Å². The monoisotopic (exact) mass is 484 g/mol. The molecule has 0 aliphatic carbocycles. The molecule has 2 N–H and O–H groups in total. The molecule has 2 saturated heterocycles. The van der Waals surface area contributed by atoms with Crippen LogP contribution in [0.15, 0.2) is 28.8 Å². The number of pyridine rings is 1. The number of hydrogen-bond donors (Lipinski definition) is 2. The molecule has 3 aromatic heterocycles. The number of carbonyl (C=O) groups is 1. The number of fused-ring (bicyclic) bond motifs is 4. The van der Waals surface area contributed by atoms with Crippen molar-refractivity contribution in [2.24, 2.45) is 0 Å². The minimum absolute atomic E-state index is 0.0374. The molecule has 178 valence electrons. The summed E-state index contributed by atoms with van der Waals surface area (Å²) in [6, 6.07) is 5.74. The van der Waals surface area contributed by atoms with Crippen molar-refractivity contribution in [1.29, 1.82) is 0 Å². The molecule has 0 radical (unpaired) electrons. The zero-order chi connectivity index (χ0) is 23.1. The van der Waals surface area contributed by atoms with Crippen molar-refractivity contribution >= 4 is 28.5 Å². The van der Waals surface area contributed by atoms with Crippen LogP contribution in [-0.2, 0) is 15.9 Å². The Bertz CT molecular complexity index is 1190. The number of aromatic nitrogens is 3. The Morgan fingerprint density at radius 2 is 2.18 bits per heavy atom. The predicted octanol–water partition coefficient (Wildman–Crippen LogP) is 2.61. The Kier molecular flexibility index (Phi) is 5.55. The molecule has 6 heterocycles. The summed E-state index contributed by atoms with van der Waals surface area (Å²) in [5, 5.41) is 6.38. The lowest BCUT2D eigenvalue weighted by molar-refractivity contribution is 0.0578. The Morgan fingerprint density at radius 1 is 1.24 bits per heavy atom. The third-order valence-corrected chi connectivity index (χ3v) is 7.27. The van der Waals surface area contributed by atoms with Gasteiger partial charge in [-0.3, -0.25) is 5.32 Å².